The van der Waals surface area contributed by atoms with Crippen LogP contribution in [0.25, 0.3) is 0 Å². The fraction of sp³-hybridized carbons (Fsp3) is 0.357. The van der Waals surface area contributed by atoms with Gasteiger partial charge >= 0.3 is 37.9 Å². The predicted octanol–water partition coefficient (Wildman–Crippen LogP) is 5.36. The van der Waals surface area contributed by atoms with Crippen molar-refractivity contribution < 1.29 is 20.8 Å². The van der Waals surface area contributed by atoms with Crippen molar-refractivity contribution in [2.45, 2.75) is 25.7 Å². The van der Waals surface area contributed by atoms with E-state index in [0.29, 0.717) is 0 Å². The maximum atomic E-state index is 4.93. The molecule has 0 saturated heterocycles. The van der Waals surface area contributed by atoms with E-state index in [4.69, 9.17) is 17.0 Å². The van der Waals surface area contributed by atoms with Crippen LogP contribution in [0.4, 0.5) is 0 Å². The molecule has 1 saturated carbocycles. The van der Waals surface area contributed by atoms with Crippen LogP contribution in [0.5, 0.6) is 0 Å². The molecule has 1 fully saturated rings. The number of halogens is 2. The Hall–Kier alpha value is 0.293. The minimum atomic E-state index is -0.826. The Bertz CT molecular complexity index is 305. The molecule has 0 atom stereocenters. The zero-order valence-electron chi connectivity index (χ0n) is 9.78. The molecule has 3 heteroatoms. The first kappa shape index (κ1) is 15.4. The van der Waals surface area contributed by atoms with Crippen molar-refractivity contribution in [2.75, 3.05) is 0 Å². The van der Waals surface area contributed by atoms with Gasteiger partial charge in [-0.3, -0.25) is 0 Å². The second-order valence-corrected chi connectivity index (χ2v) is 7.81. The SMILES string of the molecule is C(=C/C1CCCC1)/[CH-]c1ccccc1.[Cl][Zr+2][Cl]. The van der Waals surface area contributed by atoms with Crippen LogP contribution in [0.3, 0.4) is 0 Å². The number of benzene rings is 1. The van der Waals surface area contributed by atoms with Gasteiger partial charge in [0.25, 0.3) is 0 Å². The van der Waals surface area contributed by atoms with Gasteiger partial charge < -0.3 is 0 Å². The molecule has 0 N–H and O–H groups in total. The van der Waals surface area contributed by atoms with Crippen molar-refractivity contribution in [3.05, 3.63) is 54.5 Å². The van der Waals surface area contributed by atoms with Gasteiger partial charge in [0.1, 0.15) is 0 Å². The van der Waals surface area contributed by atoms with Crippen molar-refractivity contribution in [3.8, 4) is 0 Å². The number of rotatable bonds is 3. The molecule has 1 aromatic rings. The van der Waals surface area contributed by atoms with Gasteiger partial charge in [-0.1, -0.05) is 37.7 Å². The Labute approximate surface area is 123 Å². The first-order chi connectivity index (χ1) is 8.36. The maximum absolute atomic E-state index is 4.93. The van der Waals surface area contributed by atoms with E-state index < -0.39 is 20.8 Å². The molecule has 90 valence electrons. The molecule has 0 bridgehead atoms. The molecule has 17 heavy (non-hydrogen) atoms. The predicted molar refractivity (Wildman–Crippen MR) is 72.6 cm³/mol. The monoisotopic (exact) mass is 345 g/mol. The molecule has 1 aliphatic carbocycles. The van der Waals surface area contributed by atoms with Crippen LogP contribution in [0.15, 0.2) is 42.5 Å². The summed E-state index contributed by atoms with van der Waals surface area (Å²) in [5.41, 5.74) is 1.29. The van der Waals surface area contributed by atoms with Crippen LogP contribution in [0.1, 0.15) is 31.2 Å². The molecule has 0 spiro atoms. The average Bonchev–Trinajstić information content (AvgIpc) is 2.85. The van der Waals surface area contributed by atoms with E-state index in [1.54, 1.807) is 0 Å². The van der Waals surface area contributed by atoms with E-state index >= 15 is 0 Å². The first-order valence-electron chi connectivity index (χ1n) is 5.89. The molecule has 0 amide bonds. The molecule has 0 radical (unpaired) electrons. The Balaban J connectivity index is 0.000000437. The molecule has 0 nitrogen and oxygen atoms in total. The van der Waals surface area contributed by atoms with E-state index in [1.165, 1.54) is 31.2 Å². The van der Waals surface area contributed by atoms with E-state index in [1.807, 2.05) is 0 Å². The zero-order valence-corrected chi connectivity index (χ0v) is 13.8. The van der Waals surface area contributed by atoms with Crippen LogP contribution >= 0.6 is 17.0 Å². The van der Waals surface area contributed by atoms with Crippen LogP contribution in [0.2, 0.25) is 0 Å². The van der Waals surface area contributed by atoms with Gasteiger partial charge in [0.05, 0.1) is 0 Å². The van der Waals surface area contributed by atoms with Gasteiger partial charge in [0.15, 0.2) is 0 Å². The summed E-state index contributed by atoms with van der Waals surface area (Å²) in [6.07, 6.45) is 12.4. The third-order valence-electron chi connectivity index (χ3n) is 2.87. The fourth-order valence-electron chi connectivity index (χ4n) is 2.04. The summed E-state index contributed by atoms with van der Waals surface area (Å²) in [6, 6.07) is 10.5. The van der Waals surface area contributed by atoms with E-state index in [2.05, 4.69) is 48.9 Å². The molecule has 0 aliphatic heterocycles. The quantitative estimate of drug-likeness (QED) is 0.646. The topological polar surface area (TPSA) is 0 Å². The third kappa shape index (κ3) is 7.34. The van der Waals surface area contributed by atoms with Gasteiger partial charge in [0.2, 0.25) is 0 Å². The van der Waals surface area contributed by atoms with Gasteiger partial charge in [0, 0.05) is 0 Å². The minimum absolute atomic E-state index is 0.826. The molecular formula is C14H17Cl2Zr+. The van der Waals surface area contributed by atoms with Crippen molar-refractivity contribution in [2.24, 2.45) is 5.92 Å². The Morgan fingerprint density at radius 3 is 2.29 bits per heavy atom. The van der Waals surface area contributed by atoms with Gasteiger partial charge in [-0.25, -0.2) is 0 Å². The summed E-state index contributed by atoms with van der Waals surface area (Å²) in [4.78, 5) is 0. The molecular weight excluding hydrogens is 330 g/mol. The summed E-state index contributed by atoms with van der Waals surface area (Å²) in [7, 11) is 9.87. The Kier molecular flexibility index (Phi) is 9.24. The molecule has 1 aliphatic rings. The summed E-state index contributed by atoms with van der Waals surface area (Å²) in [5, 5.41) is 0. The second kappa shape index (κ2) is 10.2. The summed E-state index contributed by atoms with van der Waals surface area (Å²) in [5.74, 6) is 0.843. The van der Waals surface area contributed by atoms with Crippen molar-refractivity contribution in [1.82, 2.24) is 0 Å². The molecule has 0 aromatic heterocycles. The van der Waals surface area contributed by atoms with Gasteiger partial charge in [-0.05, 0) is 0 Å². The third-order valence-corrected chi connectivity index (χ3v) is 2.87. The van der Waals surface area contributed by atoms with E-state index in [-0.39, 0.29) is 0 Å². The molecule has 0 unspecified atom stereocenters. The summed E-state index contributed by atoms with van der Waals surface area (Å²) >= 11 is -0.826. The summed E-state index contributed by atoms with van der Waals surface area (Å²) < 4.78 is 0. The van der Waals surface area contributed by atoms with Gasteiger partial charge in [-0.2, -0.15) is 6.08 Å². The average molecular weight is 347 g/mol. The molecule has 0 heterocycles. The van der Waals surface area contributed by atoms with E-state index in [0.717, 1.165) is 5.92 Å². The van der Waals surface area contributed by atoms with Crippen molar-refractivity contribution >= 4 is 17.0 Å². The zero-order chi connectivity index (χ0) is 12.3. The van der Waals surface area contributed by atoms with Crippen LogP contribution in [0, 0.1) is 12.3 Å². The van der Waals surface area contributed by atoms with Crippen molar-refractivity contribution in [1.29, 1.82) is 0 Å². The van der Waals surface area contributed by atoms with Crippen LogP contribution in [-0.2, 0) is 20.8 Å². The standard InChI is InChI=1S/C14H17.2ClH.Zr/c1-2-7-13(8-3-1)11-6-12-14-9-4-5-10-14;;;/h1-3,6-8,11-12,14H,4-5,9-10H2;2*1H;/q-1;;;+4/p-2/b12-6-;;;. The number of hydrogen-bond acceptors (Lipinski definition) is 0. The second-order valence-electron chi connectivity index (χ2n) is 4.08. The van der Waals surface area contributed by atoms with E-state index in [9.17, 15) is 0 Å². The number of hydrogen-bond donors (Lipinski definition) is 0. The van der Waals surface area contributed by atoms with Gasteiger partial charge in [-0.15, -0.1) is 42.3 Å². The normalized spacial score (nSPS) is 15.2. The van der Waals surface area contributed by atoms with Crippen molar-refractivity contribution in [3.63, 3.8) is 0 Å². The molecule has 1 aromatic carbocycles. The van der Waals surface area contributed by atoms with Crippen LogP contribution in [-0.4, -0.2) is 0 Å². The van der Waals surface area contributed by atoms with Crippen LogP contribution < -0.4 is 0 Å². The number of allylic oxidation sites excluding steroid dienone is 2. The fourth-order valence-corrected chi connectivity index (χ4v) is 2.04. The first-order valence-corrected chi connectivity index (χ1v) is 12.2. The molecule has 2 rings (SSSR count). The Morgan fingerprint density at radius 2 is 1.71 bits per heavy atom. The summed E-state index contributed by atoms with van der Waals surface area (Å²) in [6.45, 7) is 0. The Morgan fingerprint density at radius 1 is 1.12 bits per heavy atom.